The van der Waals surface area contributed by atoms with Crippen LogP contribution in [0, 0.1) is 0 Å². The molecule has 1 unspecified atom stereocenters. The van der Waals surface area contributed by atoms with Crippen molar-refractivity contribution in [1.82, 2.24) is 25.2 Å². The summed E-state index contributed by atoms with van der Waals surface area (Å²) < 4.78 is 5.59. The standard InChI is InChI=1S/C26H33N7O/c1-26(17-34-4)16-33(23-7-5-6-21(29-23)13-27-2)24-22(26)14-28-25(31-24)30-20-9-8-18-10-11-32(3)15-19(18)12-20/h5-9,12,14,27H,10-11,13,15-17H2,1-4H3,(H,28,30,31). The van der Waals surface area contributed by atoms with Crippen molar-refractivity contribution in [1.29, 1.82) is 0 Å². The minimum absolute atomic E-state index is 0.223. The summed E-state index contributed by atoms with van der Waals surface area (Å²) in [6, 6.07) is 12.7. The van der Waals surface area contributed by atoms with Gasteiger partial charge in [-0.15, -0.1) is 0 Å². The molecule has 1 atom stereocenters. The molecule has 8 nitrogen and oxygen atoms in total. The van der Waals surface area contributed by atoms with Crippen LogP contribution in [0.25, 0.3) is 0 Å². The van der Waals surface area contributed by atoms with Crippen molar-refractivity contribution in [2.75, 3.05) is 51.1 Å². The average molecular weight is 460 g/mol. The summed E-state index contributed by atoms with van der Waals surface area (Å²) >= 11 is 0. The zero-order chi connectivity index (χ0) is 23.7. The Morgan fingerprint density at radius 3 is 2.85 bits per heavy atom. The molecule has 0 saturated carbocycles. The summed E-state index contributed by atoms with van der Waals surface area (Å²) in [6.45, 7) is 6.30. The Bertz CT molecular complexity index is 1180. The first-order valence-corrected chi connectivity index (χ1v) is 11.8. The maximum absolute atomic E-state index is 5.59. The van der Waals surface area contributed by atoms with Crippen LogP contribution in [0.15, 0.2) is 42.6 Å². The lowest BCUT2D eigenvalue weighted by Crippen LogP contribution is -2.33. The van der Waals surface area contributed by atoms with Crippen molar-refractivity contribution in [2.24, 2.45) is 0 Å². The van der Waals surface area contributed by atoms with Crippen LogP contribution in [0.4, 0.5) is 23.3 Å². The SMILES string of the molecule is CNCc1cccc(N2CC(C)(COC)c3cnc(Nc4ccc5c(c4)CN(C)CC5)nc32)n1. The van der Waals surface area contributed by atoms with Crippen molar-refractivity contribution in [3.63, 3.8) is 0 Å². The Labute approximate surface area is 201 Å². The number of likely N-dealkylation sites (N-methyl/N-ethyl adjacent to an activating group) is 1. The van der Waals surface area contributed by atoms with Gasteiger partial charge in [0.05, 0.1) is 12.3 Å². The van der Waals surface area contributed by atoms with E-state index in [2.05, 4.69) is 57.6 Å². The predicted molar refractivity (Wildman–Crippen MR) is 135 cm³/mol. The third-order valence-electron chi connectivity index (χ3n) is 6.74. The van der Waals surface area contributed by atoms with Gasteiger partial charge in [0.25, 0.3) is 0 Å². The van der Waals surface area contributed by atoms with Gasteiger partial charge in [0, 0.05) is 56.2 Å². The second kappa shape index (κ2) is 9.29. The van der Waals surface area contributed by atoms with Crippen LogP contribution in [0.2, 0.25) is 0 Å². The number of hydrogen-bond acceptors (Lipinski definition) is 8. The number of ether oxygens (including phenoxy) is 1. The van der Waals surface area contributed by atoms with E-state index < -0.39 is 0 Å². The molecule has 2 aromatic heterocycles. The van der Waals surface area contributed by atoms with Gasteiger partial charge in [-0.2, -0.15) is 4.98 Å². The van der Waals surface area contributed by atoms with Gasteiger partial charge in [-0.3, -0.25) is 0 Å². The number of anilines is 4. The summed E-state index contributed by atoms with van der Waals surface area (Å²) in [6.07, 6.45) is 3.03. The summed E-state index contributed by atoms with van der Waals surface area (Å²) in [5.41, 5.74) is 5.64. The fourth-order valence-corrected chi connectivity index (χ4v) is 5.01. The van der Waals surface area contributed by atoms with Crippen LogP contribution < -0.4 is 15.5 Å². The van der Waals surface area contributed by atoms with E-state index in [-0.39, 0.29) is 5.41 Å². The Kier molecular flexibility index (Phi) is 6.20. The van der Waals surface area contributed by atoms with Crippen LogP contribution in [-0.4, -0.2) is 60.8 Å². The van der Waals surface area contributed by atoms with Crippen LogP contribution in [0.1, 0.15) is 29.3 Å². The monoisotopic (exact) mass is 459 g/mol. The maximum atomic E-state index is 5.59. The molecule has 0 fully saturated rings. The van der Waals surface area contributed by atoms with Gasteiger partial charge in [-0.05, 0) is 55.9 Å². The number of benzene rings is 1. The van der Waals surface area contributed by atoms with Gasteiger partial charge < -0.3 is 25.2 Å². The van der Waals surface area contributed by atoms with Crippen LogP contribution in [-0.2, 0) is 29.7 Å². The molecule has 0 aliphatic carbocycles. The van der Waals surface area contributed by atoms with Gasteiger partial charge in [0.1, 0.15) is 11.6 Å². The highest BCUT2D eigenvalue weighted by atomic mass is 16.5. The lowest BCUT2D eigenvalue weighted by Gasteiger charge is -2.25. The quantitative estimate of drug-likeness (QED) is 0.557. The first-order valence-electron chi connectivity index (χ1n) is 11.8. The van der Waals surface area contributed by atoms with E-state index in [1.165, 1.54) is 11.1 Å². The topological polar surface area (TPSA) is 78.4 Å². The van der Waals surface area contributed by atoms with E-state index in [1.807, 2.05) is 31.4 Å². The fourth-order valence-electron chi connectivity index (χ4n) is 5.01. The summed E-state index contributed by atoms with van der Waals surface area (Å²) in [5.74, 6) is 2.35. The van der Waals surface area contributed by atoms with Gasteiger partial charge in [0.2, 0.25) is 5.95 Å². The van der Waals surface area contributed by atoms with E-state index >= 15 is 0 Å². The number of methoxy groups -OCH3 is 1. The van der Waals surface area contributed by atoms with Gasteiger partial charge in [-0.1, -0.05) is 19.1 Å². The Morgan fingerprint density at radius 2 is 2.03 bits per heavy atom. The summed E-state index contributed by atoms with van der Waals surface area (Å²) in [4.78, 5) is 19.1. The van der Waals surface area contributed by atoms with Crippen molar-refractivity contribution in [3.05, 3.63) is 65.0 Å². The number of nitrogens with zero attached hydrogens (tertiary/aromatic N) is 5. The first kappa shape index (κ1) is 22.7. The van der Waals surface area contributed by atoms with E-state index in [9.17, 15) is 0 Å². The molecule has 0 saturated heterocycles. The lowest BCUT2D eigenvalue weighted by molar-refractivity contribution is 0.145. The molecule has 0 radical (unpaired) electrons. The van der Waals surface area contributed by atoms with Gasteiger partial charge >= 0.3 is 0 Å². The van der Waals surface area contributed by atoms with E-state index in [4.69, 9.17) is 14.7 Å². The van der Waals surface area contributed by atoms with Gasteiger partial charge in [-0.25, -0.2) is 9.97 Å². The van der Waals surface area contributed by atoms with Crippen LogP contribution in [0.3, 0.4) is 0 Å². The fraction of sp³-hybridized carbons (Fsp3) is 0.423. The van der Waals surface area contributed by atoms with Crippen LogP contribution in [0.5, 0.6) is 0 Å². The largest absolute Gasteiger partial charge is 0.384 e. The second-order valence-electron chi connectivity index (χ2n) is 9.62. The normalized spacial score (nSPS) is 19.7. The molecule has 0 amide bonds. The lowest BCUT2D eigenvalue weighted by atomic mass is 9.87. The highest BCUT2D eigenvalue weighted by Crippen LogP contribution is 2.43. The van der Waals surface area contributed by atoms with Crippen molar-refractivity contribution >= 4 is 23.3 Å². The molecule has 34 heavy (non-hydrogen) atoms. The smallest absolute Gasteiger partial charge is 0.229 e. The first-order chi connectivity index (χ1) is 16.5. The second-order valence-corrected chi connectivity index (χ2v) is 9.62. The molecular weight excluding hydrogens is 426 g/mol. The predicted octanol–water partition coefficient (Wildman–Crippen LogP) is 3.38. The number of hydrogen-bond donors (Lipinski definition) is 2. The summed E-state index contributed by atoms with van der Waals surface area (Å²) in [7, 11) is 5.83. The number of nitrogens with one attached hydrogen (secondary N) is 2. The van der Waals surface area contributed by atoms with Gasteiger partial charge in [0.15, 0.2) is 0 Å². The minimum Gasteiger partial charge on any atom is -0.384 e. The molecule has 8 heteroatoms. The average Bonchev–Trinajstić information content (AvgIpc) is 3.11. The zero-order valence-electron chi connectivity index (χ0n) is 20.4. The third kappa shape index (κ3) is 4.36. The van der Waals surface area contributed by atoms with Crippen molar-refractivity contribution in [2.45, 2.75) is 31.8 Å². The molecule has 5 rings (SSSR count). The number of fused-ring (bicyclic) bond motifs is 2. The zero-order valence-corrected chi connectivity index (χ0v) is 20.4. The highest BCUT2D eigenvalue weighted by molar-refractivity contribution is 5.69. The molecule has 2 N–H and O–H groups in total. The number of aromatic nitrogens is 3. The number of pyridine rings is 1. The Morgan fingerprint density at radius 1 is 1.15 bits per heavy atom. The maximum Gasteiger partial charge on any atom is 0.229 e. The Hall–Kier alpha value is -3.07. The molecule has 0 spiro atoms. The molecule has 2 aliphatic rings. The molecule has 3 aromatic rings. The van der Waals surface area contributed by atoms with Crippen LogP contribution >= 0.6 is 0 Å². The molecule has 4 heterocycles. The molecular formula is C26H33N7O. The molecule has 2 aliphatic heterocycles. The minimum atomic E-state index is -0.223. The number of rotatable bonds is 7. The third-order valence-corrected chi connectivity index (χ3v) is 6.74. The van der Waals surface area contributed by atoms with E-state index in [1.54, 1.807) is 7.11 Å². The van der Waals surface area contributed by atoms with E-state index in [0.717, 1.165) is 54.6 Å². The molecule has 178 valence electrons. The molecule has 1 aromatic carbocycles. The highest BCUT2D eigenvalue weighted by Gasteiger charge is 2.42. The molecule has 0 bridgehead atoms. The van der Waals surface area contributed by atoms with Crippen molar-refractivity contribution in [3.8, 4) is 0 Å². The van der Waals surface area contributed by atoms with E-state index in [0.29, 0.717) is 19.1 Å². The Balaban J connectivity index is 1.48. The summed E-state index contributed by atoms with van der Waals surface area (Å²) in [5, 5.41) is 6.61. The van der Waals surface area contributed by atoms with Crippen molar-refractivity contribution < 1.29 is 4.74 Å².